The van der Waals surface area contributed by atoms with Crippen LogP contribution in [-0.4, -0.2) is 12.6 Å². The normalized spacial score (nSPS) is 43.7. The molecule has 9 heavy (non-hydrogen) atoms. The Kier molecular flexibility index (Phi) is 2.09. The molecule has 0 saturated heterocycles. The lowest BCUT2D eigenvalue weighted by atomic mass is 9.96. The molecule has 2 nitrogen and oxygen atoms in total. The molecule has 1 rings (SSSR count). The van der Waals surface area contributed by atoms with Gasteiger partial charge in [-0.3, -0.25) is 0 Å². The summed E-state index contributed by atoms with van der Waals surface area (Å²) >= 11 is 0. The van der Waals surface area contributed by atoms with Crippen molar-refractivity contribution < 1.29 is 0 Å². The molecule has 0 aliphatic heterocycles. The van der Waals surface area contributed by atoms with Crippen LogP contribution in [-0.2, 0) is 0 Å². The van der Waals surface area contributed by atoms with Gasteiger partial charge in [0, 0.05) is 6.04 Å². The predicted octanol–water partition coefficient (Wildman–Crippen LogP) is 0.319. The summed E-state index contributed by atoms with van der Waals surface area (Å²) in [5.41, 5.74) is 11.3. The van der Waals surface area contributed by atoms with Crippen LogP contribution in [0.1, 0.15) is 19.8 Å². The maximum atomic E-state index is 5.80. The van der Waals surface area contributed by atoms with Crippen molar-refractivity contribution >= 4 is 0 Å². The quantitative estimate of drug-likeness (QED) is 0.534. The Morgan fingerprint density at radius 1 is 1.44 bits per heavy atom. The summed E-state index contributed by atoms with van der Waals surface area (Å²) < 4.78 is 0. The van der Waals surface area contributed by atoms with Crippen molar-refractivity contribution in [2.24, 2.45) is 23.3 Å². The molecular formula is C7H16N2. The van der Waals surface area contributed by atoms with Crippen LogP contribution >= 0.6 is 0 Å². The Morgan fingerprint density at radius 2 is 2.11 bits per heavy atom. The van der Waals surface area contributed by atoms with Crippen LogP contribution in [0.15, 0.2) is 0 Å². The molecule has 1 fully saturated rings. The van der Waals surface area contributed by atoms with E-state index < -0.39 is 0 Å². The van der Waals surface area contributed by atoms with E-state index >= 15 is 0 Å². The topological polar surface area (TPSA) is 52.0 Å². The molecule has 1 saturated carbocycles. The molecule has 0 aromatic carbocycles. The molecule has 0 bridgehead atoms. The highest BCUT2D eigenvalue weighted by molar-refractivity contribution is 4.85. The van der Waals surface area contributed by atoms with Crippen LogP contribution in [0.4, 0.5) is 0 Å². The minimum absolute atomic E-state index is 0.380. The van der Waals surface area contributed by atoms with Gasteiger partial charge >= 0.3 is 0 Å². The van der Waals surface area contributed by atoms with E-state index in [9.17, 15) is 0 Å². The Morgan fingerprint density at radius 3 is 2.33 bits per heavy atom. The van der Waals surface area contributed by atoms with E-state index in [1.54, 1.807) is 0 Å². The van der Waals surface area contributed by atoms with Gasteiger partial charge in [0.15, 0.2) is 0 Å². The van der Waals surface area contributed by atoms with E-state index in [4.69, 9.17) is 11.5 Å². The maximum Gasteiger partial charge on any atom is 0.00818 e. The lowest BCUT2D eigenvalue weighted by Gasteiger charge is -2.16. The average molecular weight is 128 g/mol. The SMILES string of the molecule is C[C@@H]1CC[C@@H](N)[C@@H]1CN. The van der Waals surface area contributed by atoms with Crippen molar-refractivity contribution in [3.05, 3.63) is 0 Å². The standard InChI is InChI=1S/C7H16N2/c1-5-2-3-7(9)6(5)4-8/h5-7H,2-4,8-9H2,1H3/t5-,6-,7-/m1/s1. The highest BCUT2D eigenvalue weighted by atomic mass is 14.7. The molecule has 0 unspecified atom stereocenters. The van der Waals surface area contributed by atoms with Gasteiger partial charge in [-0.2, -0.15) is 0 Å². The van der Waals surface area contributed by atoms with E-state index in [-0.39, 0.29) is 0 Å². The Bertz CT molecular complexity index is 82.9. The lowest BCUT2D eigenvalue weighted by Crippen LogP contribution is -2.32. The van der Waals surface area contributed by atoms with Crippen LogP contribution in [0.25, 0.3) is 0 Å². The number of nitrogens with two attached hydrogens (primary N) is 2. The van der Waals surface area contributed by atoms with Crippen LogP contribution < -0.4 is 11.5 Å². The third-order valence-electron chi connectivity index (χ3n) is 2.51. The fourth-order valence-corrected chi connectivity index (χ4v) is 1.71. The fraction of sp³-hybridized carbons (Fsp3) is 1.00. The summed E-state index contributed by atoms with van der Waals surface area (Å²) in [6.07, 6.45) is 2.44. The van der Waals surface area contributed by atoms with Gasteiger partial charge in [0.05, 0.1) is 0 Å². The van der Waals surface area contributed by atoms with E-state index in [0.29, 0.717) is 12.0 Å². The molecule has 2 heteroatoms. The number of hydrogen-bond donors (Lipinski definition) is 2. The van der Waals surface area contributed by atoms with Gasteiger partial charge < -0.3 is 11.5 Å². The summed E-state index contributed by atoms with van der Waals surface area (Å²) in [5.74, 6) is 1.34. The van der Waals surface area contributed by atoms with Crippen LogP contribution in [0, 0.1) is 11.8 Å². The van der Waals surface area contributed by atoms with Gasteiger partial charge in [0.2, 0.25) is 0 Å². The molecule has 1 aliphatic rings. The lowest BCUT2D eigenvalue weighted by molar-refractivity contribution is 0.396. The molecule has 4 N–H and O–H groups in total. The van der Waals surface area contributed by atoms with Crippen molar-refractivity contribution in [2.75, 3.05) is 6.54 Å². The van der Waals surface area contributed by atoms with E-state index in [1.165, 1.54) is 12.8 Å². The molecule has 0 aromatic heterocycles. The molecule has 3 atom stereocenters. The number of hydrogen-bond acceptors (Lipinski definition) is 2. The van der Waals surface area contributed by atoms with Crippen LogP contribution in [0.3, 0.4) is 0 Å². The van der Waals surface area contributed by atoms with Crippen molar-refractivity contribution in [3.8, 4) is 0 Å². The average Bonchev–Trinajstić information content (AvgIpc) is 2.12. The van der Waals surface area contributed by atoms with Gasteiger partial charge in [-0.25, -0.2) is 0 Å². The molecule has 0 amide bonds. The summed E-state index contributed by atoms with van der Waals surface area (Å²) in [7, 11) is 0. The van der Waals surface area contributed by atoms with Gasteiger partial charge in [-0.1, -0.05) is 6.92 Å². The second-order valence-electron chi connectivity index (χ2n) is 3.12. The fourth-order valence-electron chi connectivity index (χ4n) is 1.71. The van der Waals surface area contributed by atoms with Crippen molar-refractivity contribution in [2.45, 2.75) is 25.8 Å². The van der Waals surface area contributed by atoms with Gasteiger partial charge in [0.1, 0.15) is 0 Å². The van der Waals surface area contributed by atoms with Crippen molar-refractivity contribution in [3.63, 3.8) is 0 Å². The van der Waals surface area contributed by atoms with Gasteiger partial charge in [0.25, 0.3) is 0 Å². The highest BCUT2D eigenvalue weighted by Crippen LogP contribution is 2.28. The largest absolute Gasteiger partial charge is 0.330 e. The summed E-state index contributed by atoms with van der Waals surface area (Å²) in [5, 5.41) is 0. The molecule has 0 radical (unpaired) electrons. The summed E-state index contributed by atoms with van der Waals surface area (Å²) in [4.78, 5) is 0. The smallest absolute Gasteiger partial charge is 0.00818 e. The Labute approximate surface area is 56.6 Å². The first-order valence-electron chi connectivity index (χ1n) is 3.71. The molecule has 0 spiro atoms. The first-order chi connectivity index (χ1) is 4.25. The van der Waals surface area contributed by atoms with Crippen molar-refractivity contribution in [1.82, 2.24) is 0 Å². The first kappa shape index (κ1) is 7.03. The second-order valence-corrected chi connectivity index (χ2v) is 3.12. The Hall–Kier alpha value is -0.0800. The van der Waals surface area contributed by atoms with Gasteiger partial charge in [-0.05, 0) is 31.2 Å². The molecular weight excluding hydrogens is 112 g/mol. The third-order valence-corrected chi connectivity index (χ3v) is 2.51. The maximum absolute atomic E-state index is 5.80. The summed E-state index contributed by atoms with van der Waals surface area (Å²) in [6.45, 7) is 3.01. The van der Waals surface area contributed by atoms with Crippen LogP contribution in [0.5, 0.6) is 0 Å². The first-order valence-corrected chi connectivity index (χ1v) is 3.71. The van der Waals surface area contributed by atoms with E-state index in [1.807, 2.05) is 0 Å². The van der Waals surface area contributed by atoms with Crippen molar-refractivity contribution in [1.29, 1.82) is 0 Å². The zero-order valence-corrected chi connectivity index (χ0v) is 6.01. The molecule has 54 valence electrons. The molecule has 1 aliphatic carbocycles. The zero-order chi connectivity index (χ0) is 6.85. The van der Waals surface area contributed by atoms with E-state index in [0.717, 1.165) is 12.5 Å². The summed E-state index contributed by atoms with van der Waals surface area (Å²) in [6, 6.07) is 0.380. The second kappa shape index (κ2) is 2.67. The van der Waals surface area contributed by atoms with Crippen LogP contribution in [0.2, 0.25) is 0 Å². The Balaban J connectivity index is 2.44. The molecule has 0 aromatic rings. The minimum atomic E-state index is 0.380. The monoisotopic (exact) mass is 128 g/mol. The zero-order valence-electron chi connectivity index (χ0n) is 6.01. The van der Waals surface area contributed by atoms with E-state index in [2.05, 4.69) is 6.92 Å². The molecule has 0 heterocycles. The predicted molar refractivity (Wildman–Crippen MR) is 38.9 cm³/mol. The van der Waals surface area contributed by atoms with Gasteiger partial charge in [-0.15, -0.1) is 0 Å². The highest BCUT2D eigenvalue weighted by Gasteiger charge is 2.28. The minimum Gasteiger partial charge on any atom is -0.330 e. The third kappa shape index (κ3) is 1.25. The number of rotatable bonds is 1.